The molecule has 0 aliphatic heterocycles. The Balaban J connectivity index is 2.12. The smallest absolute Gasteiger partial charge is 0.335 e. The van der Waals surface area contributed by atoms with E-state index in [0.717, 1.165) is 0 Å². The number of rotatable bonds is 5. The molecule has 0 saturated carbocycles. The molecule has 0 fully saturated rings. The number of hydrogen-bond donors (Lipinski definition) is 2. The van der Waals surface area contributed by atoms with Crippen LogP contribution in [0.2, 0.25) is 0 Å². The Labute approximate surface area is 115 Å². The topological polar surface area (TPSA) is 114 Å². The summed E-state index contributed by atoms with van der Waals surface area (Å²) in [5.74, 6) is -1.09. The van der Waals surface area contributed by atoms with Gasteiger partial charge in [0.15, 0.2) is 0 Å². The minimum absolute atomic E-state index is 0.0365. The molecule has 0 aliphatic rings. The average Bonchev–Trinajstić information content (AvgIpc) is 2.84. The molecule has 2 N–H and O–H groups in total. The Morgan fingerprint density at radius 3 is 2.85 bits per heavy atom. The minimum Gasteiger partial charge on any atom is -0.478 e. The van der Waals surface area contributed by atoms with Gasteiger partial charge in [0.25, 0.3) is 0 Å². The number of aryl methyl sites for hydroxylation is 1. The number of pyridine rings is 1. The highest BCUT2D eigenvalue weighted by atomic mass is 32.2. The monoisotopic (exact) mass is 296 g/mol. The van der Waals surface area contributed by atoms with Gasteiger partial charge in [-0.1, -0.05) is 0 Å². The van der Waals surface area contributed by atoms with Gasteiger partial charge in [0.2, 0.25) is 10.0 Å². The Morgan fingerprint density at radius 2 is 2.25 bits per heavy atom. The van der Waals surface area contributed by atoms with Crippen molar-refractivity contribution in [2.24, 2.45) is 7.05 Å². The summed E-state index contributed by atoms with van der Waals surface area (Å²) in [6, 6.07) is 2.65. The summed E-state index contributed by atoms with van der Waals surface area (Å²) in [4.78, 5) is 14.8. The predicted octanol–water partition coefficient (Wildman–Crippen LogP) is -0.00820. The number of nitrogens with zero attached hydrogens (tertiary/aromatic N) is 3. The van der Waals surface area contributed by atoms with Crippen LogP contribution in [0.25, 0.3) is 0 Å². The maximum atomic E-state index is 11.9. The van der Waals surface area contributed by atoms with Crippen molar-refractivity contribution in [3.63, 3.8) is 0 Å². The molecular weight excluding hydrogens is 284 g/mol. The van der Waals surface area contributed by atoms with Gasteiger partial charge < -0.3 is 5.11 Å². The first kappa shape index (κ1) is 14.2. The summed E-state index contributed by atoms with van der Waals surface area (Å²) in [7, 11) is -2.08. The predicted molar refractivity (Wildman–Crippen MR) is 68.4 cm³/mol. The summed E-state index contributed by atoms with van der Waals surface area (Å²) in [5.41, 5.74) is 0.368. The van der Waals surface area contributed by atoms with Crippen LogP contribution < -0.4 is 4.72 Å². The lowest BCUT2D eigenvalue weighted by molar-refractivity contribution is 0.0696. The minimum atomic E-state index is -3.69. The molecular formula is C11H12N4O4S. The maximum Gasteiger partial charge on any atom is 0.335 e. The quantitative estimate of drug-likeness (QED) is 0.802. The molecule has 2 aromatic rings. The number of sulfonamides is 1. The fourth-order valence-electron chi connectivity index (χ4n) is 1.50. The molecule has 2 heterocycles. The second-order valence-corrected chi connectivity index (χ2v) is 5.78. The molecule has 0 saturated heterocycles. The molecule has 9 heteroatoms. The van der Waals surface area contributed by atoms with Gasteiger partial charge in [-0.05, 0) is 12.1 Å². The van der Waals surface area contributed by atoms with Gasteiger partial charge in [0.05, 0.1) is 24.0 Å². The van der Waals surface area contributed by atoms with E-state index in [1.807, 2.05) is 0 Å². The van der Waals surface area contributed by atoms with E-state index in [1.165, 1.54) is 35.4 Å². The summed E-state index contributed by atoms with van der Waals surface area (Å²) in [5, 5.41) is 12.6. The zero-order chi connectivity index (χ0) is 14.8. The molecule has 0 atom stereocenters. The first-order valence-electron chi connectivity index (χ1n) is 5.55. The van der Waals surface area contributed by atoms with Crippen LogP contribution in [-0.2, 0) is 23.6 Å². The van der Waals surface area contributed by atoms with Crippen molar-refractivity contribution in [2.75, 3.05) is 0 Å². The molecule has 106 valence electrons. The Hall–Kier alpha value is -2.26. The van der Waals surface area contributed by atoms with Crippen molar-refractivity contribution in [1.29, 1.82) is 0 Å². The van der Waals surface area contributed by atoms with Gasteiger partial charge in [0.1, 0.15) is 4.90 Å². The molecule has 0 amide bonds. The Kier molecular flexibility index (Phi) is 3.81. The zero-order valence-electron chi connectivity index (χ0n) is 10.5. The summed E-state index contributed by atoms with van der Waals surface area (Å²) in [6.07, 6.45) is 3.91. The van der Waals surface area contributed by atoms with E-state index in [9.17, 15) is 13.2 Å². The molecule has 0 radical (unpaired) electrons. The van der Waals surface area contributed by atoms with E-state index >= 15 is 0 Å². The van der Waals surface area contributed by atoms with Crippen LogP contribution in [0.4, 0.5) is 0 Å². The van der Waals surface area contributed by atoms with Crippen LogP contribution in [0, 0.1) is 0 Å². The van der Waals surface area contributed by atoms with Crippen molar-refractivity contribution in [1.82, 2.24) is 19.5 Å². The fraction of sp³-hybridized carbons (Fsp3) is 0.182. The van der Waals surface area contributed by atoms with Gasteiger partial charge in [-0.15, -0.1) is 0 Å². The third kappa shape index (κ3) is 3.19. The van der Waals surface area contributed by atoms with Gasteiger partial charge in [-0.3, -0.25) is 9.67 Å². The number of carboxylic acids is 1. The first-order valence-corrected chi connectivity index (χ1v) is 7.03. The van der Waals surface area contributed by atoms with Crippen molar-refractivity contribution < 1.29 is 18.3 Å². The van der Waals surface area contributed by atoms with Crippen LogP contribution in [0.3, 0.4) is 0 Å². The maximum absolute atomic E-state index is 11.9. The summed E-state index contributed by atoms with van der Waals surface area (Å²) < 4.78 is 27.6. The molecule has 0 unspecified atom stereocenters. The summed E-state index contributed by atoms with van der Waals surface area (Å²) >= 11 is 0. The lowest BCUT2D eigenvalue weighted by Crippen LogP contribution is -2.23. The van der Waals surface area contributed by atoms with Gasteiger partial charge in [0, 0.05) is 19.4 Å². The number of nitrogens with one attached hydrogen (secondary N) is 1. The molecule has 0 bridgehead atoms. The van der Waals surface area contributed by atoms with Gasteiger partial charge in [-0.25, -0.2) is 17.9 Å². The second-order valence-electron chi connectivity index (χ2n) is 4.02. The lowest BCUT2D eigenvalue weighted by atomic mass is 10.2. The van der Waals surface area contributed by atoms with E-state index < -0.39 is 16.0 Å². The molecule has 0 aromatic carbocycles. The van der Waals surface area contributed by atoms with Crippen LogP contribution >= 0.6 is 0 Å². The molecule has 20 heavy (non-hydrogen) atoms. The normalized spacial score (nSPS) is 11.4. The molecule has 0 spiro atoms. The van der Waals surface area contributed by atoms with Crippen molar-refractivity contribution in [3.8, 4) is 0 Å². The van der Waals surface area contributed by atoms with E-state index in [1.54, 1.807) is 7.05 Å². The molecule has 0 aliphatic carbocycles. The van der Waals surface area contributed by atoms with Crippen molar-refractivity contribution >= 4 is 16.0 Å². The highest BCUT2D eigenvalue weighted by Gasteiger charge is 2.16. The SMILES string of the molecule is Cn1cc(S(=O)(=O)NCc2cc(C(=O)O)ccn2)cn1. The third-order valence-corrected chi connectivity index (χ3v) is 3.85. The summed E-state index contributed by atoms with van der Waals surface area (Å²) in [6.45, 7) is -0.0989. The largest absolute Gasteiger partial charge is 0.478 e. The molecule has 2 aromatic heterocycles. The van der Waals surface area contributed by atoms with E-state index in [0.29, 0.717) is 5.69 Å². The first-order chi connectivity index (χ1) is 9.38. The Bertz CT molecular complexity index is 738. The second kappa shape index (κ2) is 5.39. The van der Waals surface area contributed by atoms with Crippen LogP contribution in [-0.4, -0.2) is 34.3 Å². The third-order valence-electron chi connectivity index (χ3n) is 2.50. The molecule has 8 nitrogen and oxygen atoms in total. The van der Waals surface area contributed by atoms with E-state index in [2.05, 4.69) is 14.8 Å². The fourth-order valence-corrected chi connectivity index (χ4v) is 2.48. The van der Waals surface area contributed by atoms with Crippen molar-refractivity contribution in [2.45, 2.75) is 11.4 Å². The van der Waals surface area contributed by atoms with Crippen LogP contribution in [0.1, 0.15) is 16.1 Å². The Morgan fingerprint density at radius 1 is 1.50 bits per heavy atom. The van der Waals surface area contributed by atoms with Gasteiger partial charge >= 0.3 is 5.97 Å². The highest BCUT2D eigenvalue weighted by Crippen LogP contribution is 2.08. The highest BCUT2D eigenvalue weighted by molar-refractivity contribution is 7.89. The molecule has 2 rings (SSSR count). The average molecular weight is 296 g/mol. The number of aromatic carboxylic acids is 1. The van der Waals surface area contributed by atoms with Crippen molar-refractivity contribution in [3.05, 3.63) is 42.0 Å². The van der Waals surface area contributed by atoms with E-state index in [-0.39, 0.29) is 17.0 Å². The number of hydrogen-bond acceptors (Lipinski definition) is 5. The zero-order valence-corrected chi connectivity index (χ0v) is 11.3. The van der Waals surface area contributed by atoms with Crippen LogP contribution in [0.5, 0.6) is 0 Å². The number of aromatic nitrogens is 3. The number of carbonyl (C=O) groups is 1. The lowest BCUT2D eigenvalue weighted by Gasteiger charge is -2.04. The van der Waals surface area contributed by atoms with Gasteiger partial charge in [-0.2, -0.15) is 5.10 Å². The standard InChI is InChI=1S/C11H12N4O4S/c1-15-7-10(6-13-15)20(18,19)14-5-9-4-8(11(16)17)2-3-12-9/h2-4,6-7,14H,5H2,1H3,(H,16,17). The van der Waals surface area contributed by atoms with E-state index in [4.69, 9.17) is 5.11 Å². The van der Waals surface area contributed by atoms with Crippen LogP contribution in [0.15, 0.2) is 35.6 Å². The number of carboxylic acid groups (broad SMARTS) is 1.